The Morgan fingerprint density at radius 1 is 1.27 bits per heavy atom. The number of nitrogens with zero attached hydrogens (tertiary/aromatic N) is 3. The zero-order chi connectivity index (χ0) is 15.7. The van der Waals surface area contributed by atoms with Crippen molar-refractivity contribution in [1.29, 1.82) is 0 Å². The maximum absolute atomic E-state index is 13.5. The number of halogens is 2. The van der Waals surface area contributed by atoms with Gasteiger partial charge in [0, 0.05) is 31.7 Å². The molecule has 114 valence electrons. The van der Waals surface area contributed by atoms with Gasteiger partial charge < -0.3 is 9.32 Å². The van der Waals surface area contributed by atoms with Gasteiger partial charge in [-0.2, -0.15) is 0 Å². The Morgan fingerprint density at radius 3 is 2.64 bits per heavy atom. The smallest absolute Gasteiger partial charge is 0.240 e. The summed E-state index contributed by atoms with van der Waals surface area (Å²) in [7, 11) is 1.71. The van der Waals surface area contributed by atoms with E-state index in [1.165, 1.54) is 30.4 Å². The molecule has 1 aromatic heterocycles. The van der Waals surface area contributed by atoms with Gasteiger partial charge in [-0.05, 0) is 18.2 Å². The Balaban J connectivity index is 1.77. The number of carbonyl (C=O) groups is 1. The number of benzene rings is 1. The number of carbonyl (C=O) groups excluding carboxylic acids is 1. The average molecular weight is 305 g/mol. The molecule has 2 aromatic rings. The topological polar surface area (TPSA) is 59.2 Å². The highest BCUT2D eigenvalue weighted by Gasteiger charge is 2.31. The molecule has 1 saturated heterocycles. The summed E-state index contributed by atoms with van der Waals surface area (Å²) in [6, 6.07) is 3.63. The molecular formula is C15H13F2N3O2. The van der Waals surface area contributed by atoms with E-state index in [9.17, 15) is 13.6 Å². The molecule has 0 saturated carbocycles. The fraction of sp³-hybridized carbons (Fsp3) is 0.267. The summed E-state index contributed by atoms with van der Waals surface area (Å²) >= 11 is 0. The predicted molar refractivity (Wildman–Crippen MR) is 74.6 cm³/mol. The Hall–Kier alpha value is -2.57. The lowest BCUT2D eigenvalue weighted by Gasteiger charge is -2.06. The van der Waals surface area contributed by atoms with Crippen molar-refractivity contribution < 1.29 is 18.0 Å². The van der Waals surface area contributed by atoms with Gasteiger partial charge in [-0.3, -0.25) is 4.79 Å². The predicted octanol–water partition coefficient (Wildman–Crippen LogP) is 2.46. The summed E-state index contributed by atoms with van der Waals surface area (Å²) in [5.41, 5.74) is -0.168. The van der Waals surface area contributed by atoms with Crippen molar-refractivity contribution in [3.8, 4) is 0 Å². The average Bonchev–Trinajstić information content (AvgIpc) is 3.06. The van der Waals surface area contributed by atoms with Crippen LogP contribution in [-0.2, 0) is 4.79 Å². The van der Waals surface area contributed by atoms with E-state index in [2.05, 4.69) is 10.2 Å². The second-order valence-corrected chi connectivity index (χ2v) is 5.12. The van der Waals surface area contributed by atoms with Gasteiger partial charge in [-0.25, -0.2) is 8.78 Å². The van der Waals surface area contributed by atoms with Crippen molar-refractivity contribution in [2.45, 2.75) is 12.3 Å². The minimum absolute atomic E-state index is 0.0220. The minimum atomic E-state index is -0.668. The Labute approximate surface area is 125 Å². The normalized spacial score (nSPS) is 18.6. The number of aromatic nitrogens is 2. The van der Waals surface area contributed by atoms with E-state index >= 15 is 0 Å². The SMILES string of the molecule is CN1CC(c2nnc(/C=C/c3c(F)cccc3F)o2)CC1=O. The number of hydrogen-bond donors (Lipinski definition) is 0. The van der Waals surface area contributed by atoms with Crippen molar-refractivity contribution in [1.82, 2.24) is 15.1 Å². The second-order valence-electron chi connectivity index (χ2n) is 5.12. The highest BCUT2D eigenvalue weighted by molar-refractivity contribution is 5.79. The molecule has 3 rings (SSSR count). The lowest BCUT2D eigenvalue weighted by molar-refractivity contribution is -0.126. The van der Waals surface area contributed by atoms with Crippen LogP contribution >= 0.6 is 0 Å². The molecule has 1 aliphatic rings. The van der Waals surface area contributed by atoms with Crippen LogP contribution in [0.25, 0.3) is 12.2 Å². The van der Waals surface area contributed by atoms with Crippen molar-refractivity contribution in [3.05, 3.63) is 47.2 Å². The molecule has 0 aliphatic carbocycles. The first-order valence-corrected chi connectivity index (χ1v) is 6.74. The van der Waals surface area contributed by atoms with Crippen LogP contribution < -0.4 is 0 Å². The molecule has 1 aromatic carbocycles. The molecular weight excluding hydrogens is 292 g/mol. The van der Waals surface area contributed by atoms with E-state index in [1.807, 2.05) is 0 Å². The number of likely N-dealkylation sites (N-methyl/N-ethyl adjacent to an activating group) is 1. The van der Waals surface area contributed by atoms with Gasteiger partial charge in [0.15, 0.2) is 0 Å². The van der Waals surface area contributed by atoms with Crippen molar-refractivity contribution in [2.75, 3.05) is 13.6 Å². The van der Waals surface area contributed by atoms with Gasteiger partial charge in [0.1, 0.15) is 11.6 Å². The molecule has 1 unspecified atom stereocenters. The molecule has 1 amide bonds. The van der Waals surface area contributed by atoms with Crippen LogP contribution in [0.4, 0.5) is 8.78 Å². The quantitative estimate of drug-likeness (QED) is 0.874. The molecule has 2 heterocycles. The highest BCUT2D eigenvalue weighted by atomic mass is 19.1. The van der Waals surface area contributed by atoms with Crippen LogP contribution in [0.1, 0.15) is 29.7 Å². The first kappa shape index (κ1) is 14.4. The van der Waals surface area contributed by atoms with Crippen molar-refractivity contribution in [3.63, 3.8) is 0 Å². The largest absolute Gasteiger partial charge is 0.421 e. The van der Waals surface area contributed by atoms with Crippen LogP contribution in [0.3, 0.4) is 0 Å². The Bertz CT molecular complexity index is 722. The van der Waals surface area contributed by atoms with Gasteiger partial charge in [-0.15, -0.1) is 10.2 Å². The molecule has 1 aliphatic heterocycles. The van der Waals surface area contributed by atoms with Crippen LogP contribution in [0.15, 0.2) is 22.6 Å². The maximum atomic E-state index is 13.5. The van der Waals surface area contributed by atoms with E-state index in [0.717, 1.165) is 0 Å². The van der Waals surface area contributed by atoms with Gasteiger partial charge >= 0.3 is 0 Å². The van der Waals surface area contributed by atoms with E-state index in [-0.39, 0.29) is 23.3 Å². The lowest BCUT2D eigenvalue weighted by Crippen LogP contribution is -2.18. The maximum Gasteiger partial charge on any atom is 0.240 e. The summed E-state index contributed by atoms with van der Waals surface area (Å²) in [6.45, 7) is 0.520. The summed E-state index contributed by atoms with van der Waals surface area (Å²) in [5.74, 6) is -0.963. The van der Waals surface area contributed by atoms with E-state index in [0.29, 0.717) is 18.9 Å². The molecule has 1 atom stereocenters. The number of hydrogen-bond acceptors (Lipinski definition) is 4. The molecule has 0 N–H and O–H groups in total. The van der Waals surface area contributed by atoms with Crippen molar-refractivity contribution in [2.24, 2.45) is 0 Å². The number of amides is 1. The molecule has 5 nitrogen and oxygen atoms in total. The molecule has 7 heteroatoms. The third-order valence-electron chi connectivity index (χ3n) is 3.54. The fourth-order valence-electron chi connectivity index (χ4n) is 2.33. The summed E-state index contributed by atoms with van der Waals surface area (Å²) in [5, 5.41) is 7.70. The van der Waals surface area contributed by atoms with Gasteiger partial charge in [0.05, 0.1) is 5.92 Å². The first-order valence-electron chi connectivity index (χ1n) is 6.74. The molecule has 0 bridgehead atoms. The van der Waals surface area contributed by atoms with E-state index in [1.54, 1.807) is 11.9 Å². The van der Waals surface area contributed by atoms with E-state index in [4.69, 9.17) is 4.42 Å². The molecule has 22 heavy (non-hydrogen) atoms. The monoisotopic (exact) mass is 305 g/mol. The van der Waals surface area contributed by atoms with Crippen LogP contribution in [-0.4, -0.2) is 34.6 Å². The molecule has 0 spiro atoms. The van der Waals surface area contributed by atoms with Crippen LogP contribution in [0.5, 0.6) is 0 Å². The summed E-state index contributed by atoms with van der Waals surface area (Å²) < 4.78 is 32.4. The fourth-order valence-corrected chi connectivity index (χ4v) is 2.33. The zero-order valence-corrected chi connectivity index (χ0v) is 11.8. The van der Waals surface area contributed by atoms with Crippen LogP contribution in [0.2, 0.25) is 0 Å². The van der Waals surface area contributed by atoms with E-state index < -0.39 is 11.6 Å². The molecule has 1 fully saturated rings. The first-order chi connectivity index (χ1) is 10.5. The third-order valence-corrected chi connectivity index (χ3v) is 3.54. The summed E-state index contributed by atoms with van der Waals surface area (Å²) in [4.78, 5) is 13.1. The second kappa shape index (κ2) is 5.67. The third kappa shape index (κ3) is 2.74. The minimum Gasteiger partial charge on any atom is -0.421 e. The van der Waals surface area contributed by atoms with Crippen molar-refractivity contribution >= 4 is 18.1 Å². The van der Waals surface area contributed by atoms with Crippen LogP contribution in [0, 0.1) is 11.6 Å². The number of rotatable bonds is 3. The van der Waals surface area contributed by atoms with Gasteiger partial charge in [-0.1, -0.05) is 6.07 Å². The Kier molecular flexibility index (Phi) is 3.70. The van der Waals surface area contributed by atoms with Gasteiger partial charge in [0.25, 0.3) is 0 Å². The highest BCUT2D eigenvalue weighted by Crippen LogP contribution is 2.26. The standard InChI is InChI=1S/C15H13F2N3O2/c1-20-8-9(7-14(20)21)15-19-18-13(22-15)6-5-10-11(16)3-2-4-12(10)17/h2-6,9H,7-8H2,1H3/b6-5+. The Morgan fingerprint density at radius 2 is 2.00 bits per heavy atom. The summed E-state index contributed by atoms with van der Waals surface area (Å²) in [6.07, 6.45) is 2.91. The van der Waals surface area contributed by atoms with Gasteiger partial charge in [0.2, 0.25) is 17.7 Å². The molecule has 0 radical (unpaired) electrons. The number of likely N-dealkylation sites (tertiary alicyclic amines) is 1. The lowest BCUT2D eigenvalue weighted by atomic mass is 10.1. The zero-order valence-electron chi connectivity index (χ0n) is 11.8.